The number of rotatable bonds is 3. The van der Waals surface area contributed by atoms with Gasteiger partial charge in [0, 0.05) is 11.5 Å². The number of hydrogen-bond donors (Lipinski definition) is 2. The van der Waals surface area contributed by atoms with E-state index in [0.717, 1.165) is 23.1 Å². The van der Waals surface area contributed by atoms with E-state index in [4.69, 9.17) is 0 Å². The third-order valence-corrected chi connectivity index (χ3v) is 8.81. The van der Waals surface area contributed by atoms with E-state index >= 15 is 0 Å². The van der Waals surface area contributed by atoms with Crippen molar-refractivity contribution in [3.05, 3.63) is 65.7 Å². The SMILES string of the molecule is C[C@@]12C(=O)N(c3ccccc3)C(=O)[C@@H]1C[C@@H]1C(=CC[C@@H]3C(=O)N(O)C(=O)[C@@H]31)[C@@H]2c1cc(OC(F)(F)F)ccc1O. The summed E-state index contributed by atoms with van der Waals surface area (Å²) in [5.74, 6) is -8.78. The Hall–Kier alpha value is -4.19. The van der Waals surface area contributed by atoms with Gasteiger partial charge in [-0.3, -0.25) is 24.4 Å². The van der Waals surface area contributed by atoms with E-state index in [1.54, 1.807) is 36.4 Å². The molecular weight excluding hydrogens is 533 g/mol. The molecule has 2 aromatic carbocycles. The number of benzene rings is 2. The summed E-state index contributed by atoms with van der Waals surface area (Å²) in [6, 6.07) is 11.1. The lowest BCUT2D eigenvalue weighted by Crippen LogP contribution is -2.48. The fourth-order valence-corrected chi connectivity index (χ4v) is 7.13. The highest BCUT2D eigenvalue weighted by atomic mass is 19.4. The molecule has 0 unspecified atom stereocenters. The van der Waals surface area contributed by atoms with E-state index in [1.807, 2.05) is 0 Å². The number of anilines is 1. The molecule has 2 heterocycles. The molecule has 2 aliphatic heterocycles. The second kappa shape index (κ2) is 8.65. The number of allylic oxidation sites excluding steroid dienone is 2. The summed E-state index contributed by atoms with van der Waals surface area (Å²) in [5, 5.41) is 21.1. The van der Waals surface area contributed by atoms with Crippen LogP contribution in [0.5, 0.6) is 11.5 Å². The number of hydrogen-bond acceptors (Lipinski definition) is 7. The Kier molecular flexibility index (Phi) is 5.64. The van der Waals surface area contributed by atoms with Crippen LogP contribution in [0, 0.1) is 29.1 Å². The van der Waals surface area contributed by atoms with Crippen molar-refractivity contribution >= 4 is 29.3 Å². The molecule has 2 N–H and O–H groups in total. The van der Waals surface area contributed by atoms with Crippen molar-refractivity contribution in [1.29, 1.82) is 0 Å². The molecule has 12 heteroatoms. The highest BCUT2D eigenvalue weighted by Crippen LogP contribution is 2.64. The molecule has 2 aromatic rings. The van der Waals surface area contributed by atoms with Gasteiger partial charge in [-0.05, 0) is 56.0 Å². The van der Waals surface area contributed by atoms with Crippen LogP contribution in [0.15, 0.2) is 60.2 Å². The van der Waals surface area contributed by atoms with Crippen molar-refractivity contribution < 1.29 is 47.4 Å². The highest BCUT2D eigenvalue weighted by Gasteiger charge is 2.68. The van der Waals surface area contributed by atoms with Crippen LogP contribution in [0.25, 0.3) is 0 Å². The number of ether oxygens (including phenoxy) is 1. The van der Waals surface area contributed by atoms with E-state index in [-0.39, 0.29) is 23.5 Å². The molecule has 9 nitrogen and oxygen atoms in total. The molecule has 6 rings (SSSR count). The van der Waals surface area contributed by atoms with E-state index in [9.17, 15) is 42.7 Å². The Labute approximate surface area is 225 Å². The molecule has 0 bridgehead atoms. The number of para-hydroxylation sites is 1. The van der Waals surface area contributed by atoms with Gasteiger partial charge in [0.25, 0.3) is 11.8 Å². The molecule has 40 heavy (non-hydrogen) atoms. The van der Waals surface area contributed by atoms with E-state index in [1.165, 1.54) is 6.92 Å². The Morgan fingerprint density at radius 2 is 1.68 bits per heavy atom. The first-order chi connectivity index (χ1) is 18.8. The Morgan fingerprint density at radius 3 is 2.35 bits per heavy atom. The minimum atomic E-state index is -5.03. The van der Waals surface area contributed by atoms with Crippen LogP contribution in [0.3, 0.4) is 0 Å². The maximum Gasteiger partial charge on any atom is 0.573 e. The maximum absolute atomic E-state index is 14.2. The smallest absolute Gasteiger partial charge is 0.508 e. The summed E-state index contributed by atoms with van der Waals surface area (Å²) in [7, 11) is 0. The number of hydroxylamine groups is 2. The number of carbonyl (C=O) groups excluding carboxylic acids is 4. The molecule has 0 aromatic heterocycles. The zero-order valence-electron chi connectivity index (χ0n) is 21.0. The van der Waals surface area contributed by atoms with Crippen LogP contribution in [0.4, 0.5) is 18.9 Å². The van der Waals surface area contributed by atoms with Gasteiger partial charge in [-0.15, -0.1) is 13.2 Å². The lowest BCUT2D eigenvalue weighted by Gasteiger charge is -2.49. The second-order valence-corrected chi connectivity index (χ2v) is 10.8. The van der Waals surface area contributed by atoms with Crippen LogP contribution in [0.1, 0.15) is 31.2 Å². The Bertz CT molecular complexity index is 1490. The van der Waals surface area contributed by atoms with Crippen molar-refractivity contribution in [2.24, 2.45) is 29.1 Å². The molecule has 1 saturated carbocycles. The summed E-state index contributed by atoms with van der Waals surface area (Å²) in [5.41, 5.74) is -0.917. The third kappa shape index (κ3) is 3.58. The van der Waals surface area contributed by atoms with Crippen LogP contribution in [0.2, 0.25) is 0 Å². The van der Waals surface area contributed by atoms with E-state index in [2.05, 4.69) is 4.74 Å². The van der Waals surface area contributed by atoms with Crippen molar-refractivity contribution in [3.63, 3.8) is 0 Å². The van der Waals surface area contributed by atoms with Crippen LogP contribution < -0.4 is 9.64 Å². The van der Waals surface area contributed by atoms with Gasteiger partial charge < -0.3 is 9.84 Å². The highest BCUT2D eigenvalue weighted by molar-refractivity contribution is 6.24. The minimum absolute atomic E-state index is 0.0136. The third-order valence-electron chi connectivity index (χ3n) is 8.81. The molecular formula is C28H23F3N2O7. The second-order valence-electron chi connectivity index (χ2n) is 10.8. The first-order valence-electron chi connectivity index (χ1n) is 12.6. The van der Waals surface area contributed by atoms with Gasteiger partial charge >= 0.3 is 6.36 Å². The van der Waals surface area contributed by atoms with Gasteiger partial charge in [0.15, 0.2) is 0 Å². The lowest BCUT2D eigenvalue weighted by molar-refractivity contribution is -0.274. The number of phenols is 1. The van der Waals surface area contributed by atoms with Crippen molar-refractivity contribution in [2.45, 2.75) is 32.0 Å². The predicted octanol–water partition coefficient (Wildman–Crippen LogP) is 3.91. The van der Waals surface area contributed by atoms with Crippen LogP contribution in [-0.4, -0.2) is 45.4 Å². The molecule has 3 fully saturated rings. The average Bonchev–Trinajstić information content (AvgIpc) is 3.24. The van der Waals surface area contributed by atoms with Crippen molar-refractivity contribution in [1.82, 2.24) is 5.06 Å². The van der Waals surface area contributed by atoms with Gasteiger partial charge in [-0.25, -0.2) is 4.90 Å². The van der Waals surface area contributed by atoms with Crippen LogP contribution >= 0.6 is 0 Å². The quantitative estimate of drug-likeness (QED) is 0.334. The number of carbonyl (C=O) groups is 4. The summed E-state index contributed by atoms with van der Waals surface area (Å²) in [4.78, 5) is 54.7. The van der Waals surface area contributed by atoms with Gasteiger partial charge in [0.1, 0.15) is 11.5 Å². The lowest BCUT2D eigenvalue weighted by atomic mass is 9.51. The number of nitrogens with zero attached hydrogens (tertiary/aromatic N) is 2. The van der Waals surface area contributed by atoms with E-state index in [0.29, 0.717) is 11.3 Å². The minimum Gasteiger partial charge on any atom is -0.508 e. The molecule has 2 aliphatic carbocycles. The molecule has 0 radical (unpaired) electrons. The normalized spacial score (nSPS) is 31.6. The first kappa shape index (κ1) is 26.1. The molecule has 4 aliphatic rings. The molecule has 0 spiro atoms. The zero-order chi connectivity index (χ0) is 28.7. The van der Waals surface area contributed by atoms with Gasteiger partial charge in [-0.2, -0.15) is 5.06 Å². The maximum atomic E-state index is 14.2. The van der Waals surface area contributed by atoms with Crippen LogP contribution in [-0.2, 0) is 19.2 Å². The fraction of sp³-hybridized carbons (Fsp3) is 0.357. The monoisotopic (exact) mass is 556 g/mol. The van der Waals surface area contributed by atoms with Crippen molar-refractivity contribution in [2.75, 3.05) is 4.90 Å². The molecule has 6 atom stereocenters. The number of alkyl halides is 3. The number of phenolic OH excluding ortho intramolecular Hbond substituents is 1. The standard InChI is InChI=1S/C28H23F3N2O7/c1-27-19(24(36)32(26(27)38)13-5-3-2-4-6-13)12-17-15(8-9-16-21(17)25(37)33(39)23(16)35)22(27)18-11-14(7-10-20(18)34)40-28(29,30)31/h2-8,10-11,16-17,19,21-22,34,39H,9,12H2,1H3/t16-,17+,19-,21-,22+,27+/m0/s1. The topological polar surface area (TPSA) is 124 Å². The molecule has 4 amide bonds. The number of imide groups is 2. The first-order valence-corrected chi connectivity index (χ1v) is 12.6. The largest absolute Gasteiger partial charge is 0.573 e. The Balaban J connectivity index is 1.55. The number of halogens is 3. The van der Waals surface area contributed by atoms with E-state index < -0.39 is 76.5 Å². The molecule has 208 valence electrons. The summed E-state index contributed by atoms with van der Waals surface area (Å²) >= 11 is 0. The van der Waals surface area contributed by atoms with Gasteiger partial charge in [-0.1, -0.05) is 29.8 Å². The summed E-state index contributed by atoms with van der Waals surface area (Å²) < 4.78 is 43.4. The zero-order valence-corrected chi connectivity index (χ0v) is 21.0. The summed E-state index contributed by atoms with van der Waals surface area (Å²) in [6.45, 7) is 1.53. The van der Waals surface area contributed by atoms with Gasteiger partial charge in [0.05, 0.1) is 28.9 Å². The fourth-order valence-electron chi connectivity index (χ4n) is 7.13. The number of amides is 4. The Morgan fingerprint density at radius 1 is 0.975 bits per heavy atom. The average molecular weight is 556 g/mol. The number of aromatic hydroxyl groups is 1. The number of fused-ring (bicyclic) bond motifs is 4. The van der Waals surface area contributed by atoms with Gasteiger partial charge in [0.2, 0.25) is 11.8 Å². The summed E-state index contributed by atoms with van der Waals surface area (Å²) in [6.07, 6.45) is -3.38. The predicted molar refractivity (Wildman–Crippen MR) is 129 cm³/mol. The van der Waals surface area contributed by atoms with Crippen molar-refractivity contribution in [3.8, 4) is 11.5 Å². The molecule has 2 saturated heterocycles.